The predicted molar refractivity (Wildman–Crippen MR) is 92.1 cm³/mol. The molecular formula is C17H18N4S. The van der Waals surface area contributed by atoms with Crippen LogP contribution in [0.2, 0.25) is 0 Å². The molecule has 0 amide bonds. The maximum atomic E-state index is 4.49. The van der Waals surface area contributed by atoms with Gasteiger partial charge in [0.1, 0.15) is 6.33 Å². The Balaban J connectivity index is 2.02. The lowest BCUT2D eigenvalue weighted by molar-refractivity contribution is 0.976. The number of benzene rings is 1. The van der Waals surface area contributed by atoms with E-state index >= 15 is 0 Å². The molecule has 1 aromatic carbocycles. The molecule has 0 spiro atoms. The van der Waals surface area contributed by atoms with Crippen molar-refractivity contribution in [3.63, 3.8) is 0 Å². The summed E-state index contributed by atoms with van der Waals surface area (Å²) in [6.07, 6.45) is 6.43. The van der Waals surface area contributed by atoms with Gasteiger partial charge in [0.25, 0.3) is 0 Å². The van der Waals surface area contributed by atoms with Crippen molar-refractivity contribution in [2.24, 2.45) is 0 Å². The number of hydrogen-bond donors (Lipinski definition) is 1. The van der Waals surface area contributed by atoms with Crippen LogP contribution in [0.25, 0.3) is 21.7 Å². The van der Waals surface area contributed by atoms with Crippen LogP contribution in [0.1, 0.15) is 18.9 Å². The summed E-state index contributed by atoms with van der Waals surface area (Å²) < 4.78 is 0. The van der Waals surface area contributed by atoms with Crippen molar-refractivity contribution in [1.82, 2.24) is 15.0 Å². The molecule has 22 heavy (non-hydrogen) atoms. The average molecular weight is 310 g/mol. The molecule has 0 aliphatic carbocycles. The summed E-state index contributed by atoms with van der Waals surface area (Å²) in [7, 11) is 0. The normalized spacial score (nSPS) is 10.6. The molecule has 0 atom stereocenters. The molecule has 2 aromatic heterocycles. The lowest BCUT2D eigenvalue weighted by Crippen LogP contribution is -1.97. The fourth-order valence-corrected chi connectivity index (χ4v) is 3.15. The first-order valence-corrected chi connectivity index (χ1v) is 8.17. The number of nitrogens with one attached hydrogen (secondary N) is 1. The number of hydrogen-bond acceptors (Lipinski definition) is 5. The van der Waals surface area contributed by atoms with E-state index in [0.717, 1.165) is 39.8 Å². The zero-order valence-corrected chi connectivity index (χ0v) is 13.5. The number of aromatic nitrogens is 3. The van der Waals surface area contributed by atoms with E-state index in [2.05, 4.69) is 46.2 Å². The molecular weight excluding hydrogens is 292 g/mol. The highest BCUT2D eigenvalue weighted by Crippen LogP contribution is 2.35. The van der Waals surface area contributed by atoms with Gasteiger partial charge in [0, 0.05) is 24.5 Å². The minimum absolute atomic E-state index is 0.932. The van der Waals surface area contributed by atoms with Crippen molar-refractivity contribution in [2.75, 3.05) is 11.9 Å². The Morgan fingerprint density at radius 2 is 1.95 bits per heavy atom. The van der Waals surface area contributed by atoms with Gasteiger partial charge < -0.3 is 5.32 Å². The van der Waals surface area contributed by atoms with Gasteiger partial charge in [-0.25, -0.2) is 15.0 Å². The molecule has 0 bridgehead atoms. The first-order valence-electron chi connectivity index (χ1n) is 7.35. The Hall–Kier alpha value is -2.27. The first-order chi connectivity index (χ1) is 10.8. The molecule has 0 radical (unpaired) electrons. The van der Waals surface area contributed by atoms with E-state index in [0.29, 0.717) is 0 Å². The Labute approximate surface area is 134 Å². The fraction of sp³-hybridized carbons (Fsp3) is 0.235. The van der Waals surface area contributed by atoms with Gasteiger partial charge in [-0.15, -0.1) is 0 Å². The average Bonchev–Trinajstić information content (AvgIpc) is 3.02. The highest BCUT2D eigenvalue weighted by molar-refractivity contribution is 7.18. The van der Waals surface area contributed by atoms with E-state index in [1.54, 1.807) is 17.7 Å². The summed E-state index contributed by atoms with van der Waals surface area (Å²) in [6, 6.07) is 8.30. The molecule has 0 aliphatic rings. The van der Waals surface area contributed by atoms with E-state index in [1.165, 1.54) is 5.56 Å². The number of anilines is 1. The molecule has 0 fully saturated rings. The molecule has 5 heteroatoms. The summed E-state index contributed by atoms with van der Waals surface area (Å²) in [6.45, 7) is 5.18. The largest absolute Gasteiger partial charge is 0.362 e. The van der Waals surface area contributed by atoms with Gasteiger partial charge in [-0.1, -0.05) is 42.5 Å². The van der Waals surface area contributed by atoms with Crippen molar-refractivity contribution in [1.29, 1.82) is 0 Å². The molecule has 1 N–H and O–H groups in total. The van der Waals surface area contributed by atoms with Gasteiger partial charge in [-0.3, -0.25) is 0 Å². The van der Waals surface area contributed by atoms with Crippen LogP contribution >= 0.6 is 11.3 Å². The Morgan fingerprint density at radius 1 is 1.09 bits per heavy atom. The smallest absolute Gasteiger partial charge is 0.183 e. The third-order valence-corrected chi connectivity index (χ3v) is 4.37. The summed E-state index contributed by atoms with van der Waals surface area (Å²) in [4.78, 5) is 14.2. The van der Waals surface area contributed by atoms with Crippen molar-refractivity contribution in [3.8, 4) is 21.7 Å². The molecule has 3 rings (SSSR count). The summed E-state index contributed by atoms with van der Waals surface area (Å²) >= 11 is 1.63. The maximum Gasteiger partial charge on any atom is 0.183 e. The van der Waals surface area contributed by atoms with Crippen LogP contribution in [-0.2, 0) is 0 Å². The minimum Gasteiger partial charge on any atom is -0.362 e. The zero-order chi connectivity index (χ0) is 15.4. The van der Waals surface area contributed by atoms with Gasteiger partial charge in [0.15, 0.2) is 5.13 Å². The first kappa shape index (κ1) is 14.7. The molecule has 0 aliphatic heterocycles. The van der Waals surface area contributed by atoms with E-state index in [1.807, 2.05) is 24.5 Å². The third kappa shape index (κ3) is 2.99. The van der Waals surface area contributed by atoms with Gasteiger partial charge >= 0.3 is 0 Å². The quantitative estimate of drug-likeness (QED) is 0.759. The minimum atomic E-state index is 0.932. The summed E-state index contributed by atoms with van der Waals surface area (Å²) in [5.74, 6) is 0. The Kier molecular flexibility index (Phi) is 4.44. The monoisotopic (exact) mass is 310 g/mol. The van der Waals surface area contributed by atoms with Crippen LogP contribution in [0, 0.1) is 6.92 Å². The summed E-state index contributed by atoms with van der Waals surface area (Å²) in [5.41, 5.74) is 4.36. The van der Waals surface area contributed by atoms with Crippen LogP contribution in [0.3, 0.4) is 0 Å². The van der Waals surface area contributed by atoms with E-state index in [-0.39, 0.29) is 0 Å². The number of nitrogens with zero attached hydrogens (tertiary/aromatic N) is 3. The summed E-state index contributed by atoms with van der Waals surface area (Å²) in [5, 5.41) is 4.26. The van der Waals surface area contributed by atoms with Gasteiger partial charge in [-0.2, -0.15) is 0 Å². The van der Waals surface area contributed by atoms with Gasteiger partial charge in [0.2, 0.25) is 0 Å². The highest BCUT2D eigenvalue weighted by Gasteiger charge is 2.13. The Morgan fingerprint density at radius 3 is 2.77 bits per heavy atom. The van der Waals surface area contributed by atoms with Gasteiger partial charge in [0.05, 0.1) is 10.6 Å². The van der Waals surface area contributed by atoms with E-state index in [9.17, 15) is 0 Å². The van der Waals surface area contributed by atoms with Crippen LogP contribution in [0.4, 0.5) is 5.13 Å². The van der Waals surface area contributed by atoms with Crippen LogP contribution in [-0.4, -0.2) is 21.5 Å². The van der Waals surface area contributed by atoms with Crippen molar-refractivity contribution in [2.45, 2.75) is 20.3 Å². The second kappa shape index (κ2) is 6.66. The number of rotatable bonds is 5. The van der Waals surface area contributed by atoms with Crippen LogP contribution < -0.4 is 5.32 Å². The van der Waals surface area contributed by atoms with E-state index in [4.69, 9.17) is 0 Å². The molecule has 112 valence electrons. The SMILES string of the molecule is CCCNc1ncc(-c2ncncc2-c2ccccc2C)s1. The van der Waals surface area contributed by atoms with E-state index < -0.39 is 0 Å². The van der Waals surface area contributed by atoms with Crippen molar-refractivity contribution >= 4 is 16.5 Å². The third-order valence-electron chi connectivity index (χ3n) is 3.41. The maximum absolute atomic E-state index is 4.49. The molecule has 4 nitrogen and oxygen atoms in total. The molecule has 0 saturated heterocycles. The topological polar surface area (TPSA) is 50.7 Å². The Bertz CT molecular complexity index is 767. The number of aryl methyl sites for hydroxylation is 1. The second-order valence-electron chi connectivity index (χ2n) is 5.06. The number of thiazole rings is 1. The van der Waals surface area contributed by atoms with Crippen molar-refractivity contribution in [3.05, 3.63) is 48.5 Å². The van der Waals surface area contributed by atoms with Gasteiger partial charge in [-0.05, 0) is 24.5 Å². The molecule has 2 heterocycles. The van der Waals surface area contributed by atoms with Crippen LogP contribution in [0.5, 0.6) is 0 Å². The van der Waals surface area contributed by atoms with Crippen LogP contribution in [0.15, 0.2) is 43.0 Å². The second-order valence-corrected chi connectivity index (χ2v) is 6.09. The molecule has 0 unspecified atom stereocenters. The molecule has 3 aromatic rings. The predicted octanol–water partition coefficient (Wildman–Crippen LogP) is 4.40. The lowest BCUT2D eigenvalue weighted by atomic mass is 10.0. The molecule has 0 saturated carbocycles. The zero-order valence-electron chi connectivity index (χ0n) is 12.7. The standard InChI is InChI=1S/C17H18N4S/c1-3-8-19-17-20-10-15(22-17)16-14(9-18-11-21-16)13-7-5-4-6-12(13)2/h4-7,9-11H,3,8H2,1-2H3,(H,19,20). The lowest BCUT2D eigenvalue weighted by Gasteiger charge is -2.08. The fourth-order valence-electron chi connectivity index (χ4n) is 2.30. The highest BCUT2D eigenvalue weighted by atomic mass is 32.1. The van der Waals surface area contributed by atoms with Crippen molar-refractivity contribution < 1.29 is 0 Å².